The number of hydrogen-bond donors (Lipinski definition) is 4. The second-order valence-corrected chi connectivity index (χ2v) is 3.72. The first-order valence-corrected chi connectivity index (χ1v) is 5.84. The number of nitrogens with one attached hydrogen (secondary N) is 2. The van der Waals surface area contributed by atoms with Crippen LogP contribution in [-0.4, -0.2) is 26.2 Å². The van der Waals surface area contributed by atoms with Gasteiger partial charge in [-0.25, -0.2) is 0 Å². The molecule has 0 fully saturated rings. The molecule has 0 aromatic heterocycles. The van der Waals surface area contributed by atoms with Gasteiger partial charge in [-0.05, 0) is 44.1 Å². The van der Waals surface area contributed by atoms with Crippen molar-refractivity contribution in [3.8, 4) is 0 Å². The van der Waals surface area contributed by atoms with E-state index in [4.69, 9.17) is 11.5 Å². The molecule has 6 N–H and O–H groups in total. The fourth-order valence-electron chi connectivity index (χ4n) is 1.41. The first kappa shape index (κ1) is 12.8. The quantitative estimate of drug-likeness (QED) is 0.499. The second kappa shape index (κ2) is 7.96. The smallest absolute Gasteiger partial charge is 0.0360 e. The molecule has 1 aromatic rings. The van der Waals surface area contributed by atoms with Crippen LogP contribution >= 0.6 is 0 Å². The predicted molar refractivity (Wildman–Crippen MR) is 70.8 cm³/mol. The van der Waals surface area contributed by atoms with Crippen molar-refractivity contribution in [2.24, 2.45) is 11.5 Å². The van der Waals surface area contributed by atoms with Gasteiger partial charge in [0.25, 0.3) is 0 Å². The fraction of sp³-hybridized carbons (Fsp3) is 0.500. The highest BCUT2D eigenvalue weighted by atomic mass is 14.9. The Labute approximate surface area is 97.4 Å². The lowest BCUT2D eigenvalue weighted by Crippen LogP contribution is -2.10. The van der Waals surface area contributed by atoms with Gasteiger partial charge in [0.15, 0.2) is 0 Å². The Morgan fingerprint density at radius 3 is 1.81 bits per heavy atom. The molecule has 90 valence electrons. The summed E-state index contributed by atoms with van der Waals surface area (Å²) in [6, 6.07) is 8.26. The second-order valence-electron chi connectivity index (χ2n) is 3.72. The standard InChI is InChI=1S/C12H22N4/c13-6-2-8-15-11-4-1-5-12(10-11)16-9-3-7-14/h1,4-5,10,15-16H,2-3,6-9,13-14H2. The predicted octanol–water partition coefficient (Wildman–Crippen LogP) is 1.21. The van der Waals surface area contributed by atoms with Crippen molar-refractivity contribution < 1.29 is 0 Å². The van der Waals surface area contributed by atoms with Crippen molar-refractivity contribution in [2.75, 3.05) is 36.8 Å². The minimum atomic E-state index is 0.724. The third-order valence-electron chi connectivity index (χ3n) is 2.28. The van der Waals surface area contributed by atoms with Crippen LogP contribution < -0.4 is 22.1 Å². The van der Waals surface area contributed by atoms with Crippen LogP contribution in [0.2, 0.25) is 0 Å². The van der Waals surface area contributed by atoms with E-state index in [1.165, 1.54) is 0 Å². The topological polar surface area (TPSA) is 76.1 Å². The van der Waals surface area contributed by atoms with Crippen LogP contribution in [0.25, 0.3) is 0 Å². The zero-order valence-electron chi connectivity index (χ0n) is 9.71. The number of hydrogen-bond acceptors (Lipinski definition) is 4. The molecule has 0 heterocycles. The molecule has 16 heavy (non-hydrogen) atoms. The lowest BCUT2D eigenvalue weighted by molar-refractivity contribution is 0.871. The van der Waals surface area contributed by atoms with E-state index in [1.54, 1.807) is 0 Å². The van der Waals surface area contributed by atoms with Crippen molar-refractivity contribution in [2.45, 2.75) is 12.8 Å². The molecule has 0 aliphatic rings. The largest absolute Gasteiger partial charge is 0.385 e. The van der Waals surface area contributed by atoms with Gasteiger partial charge in [0.1, 0.15) is 0 Å². The molecule has 1 aromatic carbocycles. The summed E-state index contributed by atoms with van der Waals surface area (Å²) in [5, 5.41) is 6.66. The summed E-state index contributed by atoms with van der Waals surface area (Å²) in [5.74, 6) is 0. The van der Waals surface area contributed by atoms with Crippen molar-refractivity contribution in [1.29, 1.82) is 0 Å². The van der Waals surface area contributed by atoms with Crippen LogP contribution in [0.5, 0.6) is 0 Å². The van der Waals surface area contributed by atoms with E-state index in [1.807, 2.05) is 6.07 Å². The monoisotopic (exact) mass is 222 g/mol. The molecule has 0 aliphatic heterocycles. The highest BCUT2D eigenvalue weighted by Gasteiger charge is 1.94. The van der Waals surface area contributed by atoms with Crippen LogP contribution in [0.4, 0.5) is 11.4 Å². The summed E-state index contributed by atoms with van der Waals surface area (Å²) in [6.07, 6.45) is 1.98. The molecule has 0 radical (unpaired) electrons. The molecule has 4 heteroatoms. The molecular weight excluding hydrogens is 200 g/mol. The molecule has 4 nitrogen and oxygen atoms in total. The van der Waals surface area contributed by atoms with Gasteiger partial charge in [-0.1, -0.05) is 6.07 Å². The van der Waals surface area contributed by atoms with Gasteiger partial charge in [0.05, 0.1) is 0 Å². The van der Waals surface area contributed by atoms with Crippen molar-refractivity contribution >= 4 is 11.4 Å². The molecular formula is C12H22N4. The van der Waals surface area contributed by atoms with Crippen molar-refractivity contribution in [3.05, 3.63) is 24.3 Å². The Balaban J connectivity index is 2.37. The van der Waals surface area contributed by atoms with E-state index in [9.17, 15) is 0 Å². The van der Waals surface area contributed by atoms with Crippen LogP contribution in [0, 0.1) is 0 Å². The van der Waals surface area contributed by atoms with Gasteiger partial charge in [-0.3, -0.25) is 0 Å². The van der Waals surface area contributed by atoms with E-state index in [2.05, 4.69) is 28.8 Å². The van der Waals surface area contributed by atoms with E-state index in [-0.39, 0.29) is 0 Å². The lowest BCUT2D eigenvalue weighted by atomic mass is 10.2. The molecule has 0 atom stereocenters. The van der Waals surface area contributed by atoms with E-state index >= 15 is 0 Å². The van der Waals surface area contributed by atoms with Gasteiger partial charge in [-0.15, -0.1) is 0 Å². The van der Waals surface area contributed by atoms with Gasteiger partial charge in [0, 0.05) is 24.5 Å². The molecule has 0 saturated heterocycles. The molecule has 0 unspecified atom stereocenters. The minimum Gasteiger partial charge on any atom is -0.385 e. The van der Waals surface area contributed by atoms with Gasteiger partial charge < -0.3 is 22.1 Å². The molecule has 1 rings (SSSR count). The van der Waals surface area contributed by atoms with Crippen LogP contribution in [0.15, 0.2) is 24.3 Å². The summed E-state index contributed by atoms with van der Waals surface area (Å²) in [7, 11) is 0. The van der Waals surface area contributed by atoms with E-state index in [0.717, 1.165) is 50.4 Å². The molecule has 0 spiro atoms. The highest BCUT2D eigenvalue weighted by molar-refractivity contribution is 5.56. The zero-order chi connectivity index (χ0) is 11.6. The van der Waals surface area contributed by atoms with E-state index < -0.39 is 0 Å². The first-order valence-electron chi connectivity index (χ1n) is 5.84. The number of benzene rings is 1. The minimum absolute atomic E-state index is 0.724. The molecule has 0 aliphatic carbocycles. The SMILES string of the molecule is NCCCNc1cccc(NCCCN)c1. The Morgan fingerprint density at radius 2 is 1.38 bits per heavy atom. The molecule has 0 bridgehead atoms. The van der Waals surface area contributed by atoms with Crippen LogP contribution in [0.1, 0.15) is 12.8 Å². The maximum Gasteiger partial charge on any atom is 0.0360 e. The number of anilines is 2. The molecule has 0 amide bonds. The van der Waals surface area contributed by atoms with Gasteiger partial charge in [-0.2, -0.15) is 0 Å². The van der Waals surface area contributed by atoms with E-state index in [0.29, 0.717) is 0 Å². The summed E-state index contributed by atoms with van der Waals surface area (Å²) in [6.45, 7) is 3.29. The summed E-state index contributed by atoms with van der Waals surface area (Å²) in [4.78, 5) is 0. The average Bonchev–Trinajstić information content (AvgIpc) is 2.30. The Morgan fingerprint density at radius 1 is 0.875 bits per heavy atom. The fourth-order valence-corrected chi connectivity index (χ4v) is 1.41. The number of nitrogens with two attached hydrogens (primary N) is 2. The zero-order valence-corrected chi connectivity index (χ0v) is 9.71. The average molecular weight is 222 g/mol. The van der Waals surface area contributed by atoms with Gasteiger partial charge >= 0.3 is 0 Å². The van der Waals surface area contributed by atoms with Crippen molar-refractivity contribution in [1.82, 2.24) is 0 Å². The Bertz CT molecular complexity index is 263. The summed E-state index contributed by atoms with van der Waals surface area (Å²) < 4.78 is 0. The maximum absolute atomic E-state index is 5.44. The normalized spacial score (nSPS) is 10.1. The summed E-state index contributed by atoms with van der Waals surface area (Å²) in [5.41, 5.74) is 13.1. The van der Waals surface area contributed by atoms with Crippen LogP contribution in [-0.2, 0) is 0 Å². The molecule has 0 saturated carbocycles. The Kier molecular flexibility index (Phi) is 6.37. The van der Waals surface area contributed by atoms with Crippen LogP contribution in [0.3, 0.4) is 0 Å². The van der Waals surface area contributed by atoms with Gasteiger partial charge in [0.2, 0.25) is 0 Å². The maximum atomic E-state index is 5.44. The lowest BCUT2D eigenvalue weighted by Gasteiger charge is -2.09. The first-order chi connectivity index (χ1) is 7.86. The third-order valence-corrected chi connectivity index (χ3v) is 2.28. The number of rotatable bonds is 8. The Hall–Kier alpha value is -1.26. The third kappa shape index (κ3) is 5.00. The highest BCUT2D eigenvalue weighted by Crippen LogP contribution is 2.14. The summed E-state index contributed by atoms with van der Waals surface area (Å²) >= 11 is 0. The van der Waals surface area contributed by atoms with Crippen molar-refractivity contribution in [3.63, 3.8) is 0 Å².